The van der Waals surface area contributed by atoms with E-state index in [1.54, 1.807) is 7.11 Å². The van der Waals surface area contributed by atoms with Crippen LogP contribution in [0, 0.1) is 25.7 Å². The Balaban J connectivity index is 0.00000368. The molecule has 256 valence electrons. The number of piperazine rings is 1. The van der Waals surface area contributed by atoms with Gasteiger partial charge in [0.1, 0.15) is 0 Å². The van der Waals surface area contributed by atoms with Crippen LogP contribution in [0.1, 0.15) is 38.2 Å². The molecule has 2 fully saturated rings. The maximum atomic E-state index is 13.6. The lowest BCUT2D eigenvalue weighted by Gasteiger charge is -2.41. The molecular weight excluding hydrogens is 659 g/mol. The highest BCUT2D eigenvalue weighted by Gasteiger charge is 2.39. The lowest BCUT2D eigenvalue weighted by atomic mass is 9.97. The first-order chi connectivity index (χ1) is 20.7. The number of nitrogens with zero attached hydrogens (tertiary/aromatic N) is 3. The largest absolute Gasteiger partial charge is 0.416 e. The van der Waals surface area contributed by atoms with Crippen molar-refractivity contribution in [3.8, 4) is 11.8 Å². The SMILES string of the molecule is COCC1CN(CC#CCN2CCN(C(=O)c3cc(C(F)(F)F)cc(C(F)(F)F)c3)C(Cc3ccc(C)c(C)c3)C2)CCO1.Cl.Cl. The summed E-state index contributed by atoms with van der Waals surface area (Å²) in [6, 6.07) is 6.43. The van der Waals surface area contributed by atoms with Gasteiger partial charge in [-0.25, -0.2) is 0 Å². The second-order valence-corrected chi connectivity index (χ2v) is 11.3. The molecule has 0 aliphatic carbocycles. The molecule has 2 aliphatic heterocycles. The number of morpholine rings is 1. The summed E-state index contributed by atoms with van der Waals surface area (Å²) in [5, 5.41) is 0. The summed E-state index contributed by atoms with van der Waals surface area (Å²) < 4.78 is 92.0. The smallest absolute Gasteiger partial charge is 0.382 e. The van der Waals surface area contributed by atoms with Crippen LogP contribution in [-0.2, 0) is 28.2 Å². The van der Waals surface area contributed by atoms with Gasteiger partial charge in [-0.05, 0) is 55.2 Å². The lowest BCUT2D eigenvalue weighted by Crippen LogP contribution is -2.56. The molecule has 2 atom stereocenters. The molecule has 0 aromatic heterocycles. The molecule has 6 nitrogen and oxygen atoms in total. The molecule has 0 radical (unpaired) electrons. The summed E-state index contributed by atoms with van der Waals surface area (Å²) >= 11 is 0. The predicted molar refractivity (Wildman–Crippen MR) is 168 cm³/mol. The van der Waals surface area contributed by atoms with Crippen LogP contribution in [0.5, 0.6) is 0 Å². The maximum absolute atomic E-state index is 13.6. The topological polar surface area (TPSA) is 45.2 Å². The summed E-state index contributed by atoms with van der Waals surface area (Å²) in [7, 11) is 1.63. The average molecular weight is 699 g/mol. The number of hydrogen-bond donors (Lipinski definition) is 0. The third-order valence-electron chi connectivity index (χ3n) is 8.01. The Bertz CT molecular complexity index is 1350. The predicted octanol–water partition coefficient (Wildman–Crippen LogP) is 5.90. The maximum Gasteiger partial charge on any atom is 0.416 e. The minimum absolute atomic E-state index is 0. The molecule has 2 aromatic carbocycles. The number of halogens is 8. The van der Waals surface area contributed by atoms with Gasteiger partial charge in [0, 0.05) is 51.4 Å². The fourth-order valence-electron chi connectivity index (χ4n) is 5.50. The van der Waals surface area contributed by atoms with Gasteiger partial charge in [0.05, 0.1) is 43.5 Å². The Morgan fingerprint density at radius 1 is 0.870 bits per heavy atom. The van der Waals surface area contributed by atoms with Crippen LogP contribution in [-0.4, -0.2) is 98.9 Å². The van der Waals surface area contributed by atoms with E-state index in [-0.39, 0.29) is 43.5 Å². The Morgan fingerprint density at radius 2 is 1.48 bits per heavy atom. The quantitative estimate of drug-likeness (QED) is 0.266. The fraction of sp³-hybridized carbons (Fsp3) is 0.531. The summed E-state index contributed by atoms with van der Waals surface area (Å²) in [6.45, 7) is 8.36. The van der Waals surface area contributed by atoms with Crippen molar-refractivity contribution in [3.05, 3.63) is 69.8 Å². The zero-order chi connectivity index (χ0) is 32.1. The zero-order valence-electron chi connectivity index (χ0n) is 25.8. The van der Waals surface area contributed by atoms with Crippen molar-refractivity contribution in [2.75, 3.05) is 66.1 Å². The highest BCUT2D eigenvalue weighted by atomic mass is 35.5. The van der Waals surface area contributed by atoms with E-state index in [0.717, 1.165) is 23.2 Å². The summed E-state index contributed by atoms with van der Waals surface area (Å²) in [5.41, 5.74) is -0.611. The van der Waals surface area contributed by atoms with E-state index in [0.29, 0.717) is 64.5 Å². The number of rotatable bonds is 7. The average Bonchev–Trinajstić information content (AvgIpc) is 2.96. The number of carbonyl (C=O) groups excluding carboxylic acids is 1. The second kappa shape index (κ2) is 17.0. The molecule has 0 spiro atoms. The molecule has 4 rings (SSSR count). The minimum atomic E-state index is -5.04. The summed E-state index contributed by atoms with van der Waals surface area (Å²) in [6.07, 6.45) is -9.70. The molecule has 2 aliphatic rings. The molecule has 1 amide bonds. The van der Waals surface area contributed by atoms with Crippen LogP contribution in [0.4, 0.5) is 26.3 Å². The molecule has 0 saturated carbocycles. The van der Waals surface area contributed by atoms with Crippen LogP contribution >= 0.6 is 24.8 Å². The van der Waals surface area contributed by atoms with Gasteiger partial charge < -0.3 is 14.4 Å². The standard InChI is InChI=1S/C32H37F6N3O3.2ClH/c1-22-6-7-24(14-23(22)2)15-28-19-39(8-4-5-9-40-12-13-44-29(20-40)21-43-3)10-11-41(28)30(42)25-16-26(31(33,34)35)18-27(17-25)32(36,37)38;;/h6-7,14,16-18,28-29H,8-13,15,19-21H2,1-3H3;2*1H. The van der Waals surface area contributed by atoms with Gasteiger partial charge in [-0.3, -0.25) is 14.6 Å². The van der Waals surface area contributed by atoms with E-state index in [9.17, 15) is 31.1 Å². The zero-order valence-corrected chi connectivity index (χ0v) is 27.5. The number of alkyl halides is 6. The highest BCUT2D eigenvalue weighted by Crippen LogP contribution is 2.37. The number of aryl methyl sites for hydroxylation is 2. The Hall–Kier alpha value is -2.53. The molecule has 14 heteroatoms. The number of carbonyl (C=O) groups is 1. The van der Waals surface area contributed by atoms with Crippen LogP contribution in [0.2, 0.25) is 0 Å². The second-order valence-electron chi connectivity index (χ2n) is 11.3. The summed E-state index contributed by atoms with van der Waals surface area (Å²) in [4.78, 5) is 19.3. The fourth-order valence-corrected chi connectivity index (χ4v) is 5.50. The number of methoxy groups -OCH3 is 1. The molecule has 2 saturated heterocycles. The van der Waals surface area contributed by atoms with E-state index in [4.69, 9.17) is 9.47 Å². The number of ether oxygens (including phenoxy) is 2. The first-order valence-corrected chi connectivity index (χ1v) is 14.4. The van der Waals surface area contributed by atoms with E-state index in [2.05, 4.69) is 21.6 Å². The van der Waals surface area contributed by atoms with Gasteiger partial charge in [-0.15, -0.1) is 24.8 Å². The van der Waals surface area contributed by atoms with Crippen LogP contribution < -0.4 is 0 Å². The molecule has 0 bridgehead atoms. The molecule has 2 aromatic rings. The van der Waals surface area contributed by atoms with Crippen molar-refractivity contribution in [2.45, 2.75) is 44.8 Å². The van der Waals surface area contributed by atoms with E-state index in [1.165, 1.54) is 4.90 Å². The lowest BCUT2D eigenvalue weighted by molar-refractivity contribution is -0.143. The van der Waals surface area contributed by atoms with Crippen LogP contribution in [0.3, 0.4) is 0 Å². The highest BCUT2D eigenvalue weighted by molar-refractivity contribution is 5.95. The van der Waals surface area contributed by atoms with E-state index in [1.807, 2.05) is 32.0 Å². The molecule has 2 unspecified atom stereocenters. The van der Waals surface area contributed by atoms with Crippen molar-refractivity contribution in [2.24, 2.45) is 0 Å². The van der Waals surface area contributed by atoms with Crippen molar-refractivity contribution >= 4 is 30.7 Å². The van der Waals surface area contributed by atoms with Crippen LogP contribution in [0.15, 0.2) is 36.4 Å². The molecule has 0 N–H and O–H groups in total. The van der Waals surface area contributed by atoms with Gasteiger partial charge in [0.25, 0.3) is 5.91 Å². The number of benzene rings is 2. The minimum Gasteiger partial charge on any atom is -0.382 e. The van der Waals surface area contributed by atoms with Gasteiger partial charge in [-0.2, -0.15) is 26.3 Å². The van der Waals surface area contributed by atoms with E-state index < -0.39 is 41.0 Å². The van der Waals surface area contributed by atoms with Gasteiger partial charge >= 0.3 is 12.4 Å². The van der Waals surface area contributed by atoms with E-state index >= 15 is 0 Å². The Labute approximate surface area is 278 Å². The number of amides is 1. The third kappa shape index (κ3) is 10.8. The van der Waals surface area contributed by atoms with Crippen molar-refractivity contribution < 1.29 is 40.6 Å². The Kier molecular flexibility index (Phi) is 14.7. The normalized spacial score (nSPS) is 19.5. The molecule has 46 heavy (non-hydrogen) atoms. The van der Waals surface area contributed by atoms with Crippen molar-refractivity contribution in [1.82, 2.24) is 14.7 Å². The molecular formula is C32H39Cl2F6N3O3. The monoisotopic (exact) mass is 697 g/mol. The van der Waals surface area contributed by atoms with Crippen molar-refractivity contribution in [1.29, 1.82) is 0 Å². The van der Waals surface area contributed by atoms with Gasteiger partial charge in [0.15, 0.2) is 0 Å². The van der Waals surface area contributed by atoms with Crippen molar-refractivity contribution in [3.63, 3.8) is 0 Å². The third-order valence-corrected chi connectivity index (χ3v) is 8.01. The van der Waals surface area contributed by atoms with Gasteiger partial charge in [0.2, 0.25) is 0 Å². The van der Waals surface area contributed by atoms with Gasteiger partial charge in [-0.1, -0.05) is 30.0 Å². The summed E-state index contributed by atoms with van der Waals surface area (Å²) in [5.74, 6) is 5.51. The first kappa shape index (κ1) is 39.6. The number of hydrogen-bond acceptors (Lipinski definition) is 5. The molecule has 2 heterocycles. The van der Waals surface area contributed by atoms with Crippen LogP contribution in [0.25, 0.3) is 0 Å². The first-order valence-electron chi connectivity index (χ1n) is 14.4. The Morgan fingerprint density at radius 3 is 2.04 bits per heavy atom.